The fraction of sp³-hybridized carbons (Fsp3) is 0.0526. The molecule has 0 spiro atoms. The van der Waals surface area contributed by atoms with E-state index in [1.54, 1.807) is 18.2 Å². The van der Waals surface area contributed by atoms with Gasteiger partial charge in [-0.25, -0.2) is 4.98 Å². The van der Waals surface area contributed by atoms with E-state index in [0.717, 1.165) is 10.9 Å². The Morgan fingerprint density at radius 2 is 2.08 bits per heavy atom. The van der Waals surface area contributed by atoms with E-state index < -0.39 is 0 Å². The summed E-state index contributed by atoms with van der Waals surface area (Å²) < 4.78 is 1.45. The Bertz CT molecular complexity index is 1020. The molecule has 0 fully saturated rings. The molecule has 0 saturated carbocycles. The van der Waals surface area contributed by atoms with Crippen molar-refractivity contribution in [3.8, 4) is 11.9 Å². The number of allylic oxidation sites excluding steroid dienone is 3. The second-order valence-electron chi connectivity index (χ2n) is 5.17. The molecule has 1 aromatic carbocycles. The third kappa shape index (κ3) is 3.46. The first-order chi connectivity index (χ1) is 12.2. The summed E-state index contributed by atoms with van der Waals surface area (Å²) in [5, 5.41) is 17.2. The second-order valence-corrected chi connectivity index (χ2v) is 5.17. The van der Waals surface area contributed by atoms with Crippen molar-refractivity contribution in [1.82, 2.24) is 14.8 Å². The van der Waals surface area contributed by atoms with Crippen molar-refractivity contribution in [3.05, 3.63) is 72.5 Å². The zero-order valence-corrected chi connectivity index (χ0v) is 13.5. The number of para-hydroxylation sites is 1. The number of nitriles is 1. The van der Waals surface area contributed by atoms with E-state index in [1.807, 2.05) is 49.4 Å². The molecule has 0 radical (unpaired) electrons. The van der Waals surface area contributed by atoms with Gasteiger partial charge in [0.15, 0.2) is 11.6 Å². The lowest BCUT2D eigenvalue weighted by Gasteiger charge is -2.08. The van der Waals surface area contributed by atoms with E-state index in [1.165, 1.54) is 17.0 Å². The van der Waals surface area contributed by atoms with Crippen LogP contribution in [0.2, 0.25) is 0 Å². The van der Waals surface area contributed by atoms with E-state index in [2.05, 4.69) is 15.4 Å². The molecule has 3 rings (SSSR count). The molecule has 0 bridgehead atoms. The molecule has 0 aliphatic rings. The first-order valence-corrected chi connectivity index (χ1v) is 7.67. The number of hydrogen-bond acceptors (Lipinski definition) is 4. The van der Waals surface area contributed by atoms with Gasteiger partial charge in [-0.3, -0.25) is 4.79 Å². The Balaban J connectivity index is 2.00. The maximum absolute atomic E-state index is 12.0. The van der Waals surface area contributed by atoms with Crippen LogP contribution in [0.5, 0.6) is 0 Å². The van der Waals surface area contributed by atoms with Crippen LogP contribution < -0.4 is 5.32 Å². The molecule has 2 heterocycles. The quantitative estimate of drug-likeness (QED) is 0.587. The largest absolute Gasteiger partial charge is 0.306 e. The summed E-state index contributed by atoms with van der Waals surface area (Å²) in [7, 11) is 0. The number of carbonyl (C=O) groups is 1. The van der Waals surface area contributed by atoms with E-state index in [-0.39, 0.29) is 11.5 Å². The highest BCUT2D eigenvalue weighted by Gasteiger charge is 2.15. The minimum absolute atomic E-state index is 0.266. The van der Waals surface area contributed by atoms with Gasteiger partial charge in [-0.2, -0.15) is 15.0 Å². The monoisotopic (exact) mass is 329 g/mol. The maximum atomic E-state index is 12.0. The van der Waals surface area contributed by atoms with Gasteiger partial charge in [0, 0.05) is 11.5 Å². The zero-order valence-electron chi connectivity index (χ0n) is 13.5. The predicted molar refractivity (Wildman–Crippen MR) is 96.2 cm³/mol. The van der Waals surface area contributed by atoms with Crippen molar-refractivity contribution < 1.29 is 4.79 Å². The fourth-order valence-corrected chi connectivity index (χ4v) is 2.31. The number of anilines is 1. The van der Waals surface area contributed by atoms with Crippen LogP contribution in [0.15, 0.2) is 66.9 Å². The molecule has 0 unspecified atom stereocenters. The predicted octanol–water partition coefficient (Wildman–Crippen LogP) is 3.36. The summed E-state index contributed by atoms with van der Waals surface area (Å²) in [6.45, 7) is 1.86. The van der Waals surface area contributed by atoms with Gasteiger partial charge in [-0.15, -0.1) is 0 Å². The number of aromatic nitrogens is 3. The summed E-state index contributed by atoms with van der Waals surface area (Å²) in [6.07, 6.45) is 7.96. The number of fused-ring (bicyclic) bond motifs is 1. The van der Waals surface area contributed by atoms with E-state index in [0.29, 0.717) is 11.6 Å². The van der Waals surface area contributed by atoms with Crippen LogP contribution in [0, 0.1) is 11.3 Å². The van der Waals surface area contributed by atoms with Gasteiger partial charge in [0.1, 0.15) is 11.6 Å². The Labute approximate surface area is 144 Å². The van der Waals surface area contributed by atoms with Gasteiger partial charge in [0.05, 0.1) is 11.7 Å². The van der Waals surface area contributed by atoms with Crippen LogP contribution in [0.4, 0.5) is 5.82 Å². The molecule has 0 saturated heterocycles. The Kier molecular flexibility index (Phi) is 4.67. The normalized spacial score (nSPS) is 11.2. The Morgan fingerprint density at radius 1 is 1.24 bits per heavy atom. The van der Waals surface area contributed by atoms with E-state index >= 15 is 0 Å². The first kappa shape index (κ1) is 16.1. The lowest BCUT2D eigenvalue weighted by Crippen LogP contribution is -2.14. The SMILES string of the molecule is C/C=C/C=C/C(=O)Nc1c(C#N)cnn1-c1ccc2ccccc2n1. The van der Waals surface area contributed by atoms with Crippen molar-refractivity contribution in [2.75, 3.05) is 5.32 Å². The van der Waals surface area contributed by atoms with Gasteiger partial charge in [-0.1, -0.05) is 36.4 Å². The van der Waals surface area contributed by atoms with Crippen LogP contribution in [0.25, 0.3) is 16.7 Å². The van der Waals surface area contributed by atoms with Crippen molar-refractivity contribution in [2.24, 2.45) is 0 Å². The summed E-state index contributed by atoms with van der Waals surface area (Å²) in [5.74, 6) is 0.463. The Hall–Kier alpha value is -3.72. The minimum atomic E-state index is -0.350. The highest BCUT2D eigenvalue weighted by Crippen LogP contribution is 2.21. The van der Waals surface area contributed by atoms with Crippen LogP contribution in [-0.4, -0.2) is 20.7 Å². The molecule has 1 amide bonds. The van der Waals surface area contributed by atoms with Gasteiger partial charge < -0.3 is 5.32 Å². The van der Waals surface area contributed by atoms with Crippen molar-refractivity contribution >= 4 is 22.6 Å². The number of benzene rings is 1. The lowest BCUT2D eigenvalue weighted by atomic mass is 10.2. The van der Waals surface area contributed by atoms with Crippen molar-refractivity contribution in [3.63, 3.8) is 0 Å². The lowest BCUT2D eigenvalue weighted by molar-refractivity contribution is -0.111. The first-order valence-electron chi connectivity index (χ1n) is 7.67. The minimum Gasteiger partial charge on any atom is -0.306 e. The molecule has 0 atom stereocenters. The van der Waals surface area contributed by atoms with Crippen LogP contribution in [-0.2, 0) is 4.79 Å². The Morgan fingerprint density at radius 3 is 2.88 bits per heavy atom. The van der Waals surface area contributed by atoms with Crippen molar-refractivity contribution in [2.45, 2.75) is 6.92 Å². The van der Waals surface area contributed by atoms with Gasteiger partial charge in [0.25, 0.3) is 0 Å². The van der Waals surface area contributed by atoms with Crippen LogP contribution in [0.1, 0.15) is 12.5 Å². The molecule has 6 nitrogen and oxygen atoms in total. The van der Waals surface area contributed by atoms with Crippen LogP contribution >= 0.6 is 0 Å². The zero-order chi connectivity index (χ0) is 17.6. The van der Waals surface area contributed by atoms with Crippen molar-refractivity contribution in [1.29, 1.82) is 5.26 Å². The van der Waals surface area contributed by atoms with Crippen LogP contribution in [0.3, 0.4) is 0 Å². The molecule has 2 aromatic heterocycles. The number of nitrogens with one attached hydrogen (secondary N) is 1. The number of rotatable bonds is 4. The molecule has 6 heteroatoms. The molecular weight excluding hydrogens is 314 g/mol. The fourth-order valence-electron chi connectivity index (χ4n) is 2.31. The summed E-state index contributed by atoms with van der Waals surface area (Å²) >= 11 is 0. The molecule has 0 aliphatic carbocycles. The third-order valence-corrected chi connectivity index (χ3v) is 3.48. The average molecular weight is 329 g/mol. The summed E-state index contributed by atoms with van der Waals surface area (Å²) in [4.78, 5) is 16.6. The summed E-state index contributed by atoms with van der Waals surface area (Å²) in [6, 6.07) is 13.4. The third-order valence-electron chi connectivity index (χ3n) is 3.48. The smallest absolute Gasteiger partial charge is 0.249 e. The number of amides is 1. The standard InChI is InChI=1S/C19H15N5O/c1-2-3-4-9-18(25)23-19-15(12-20)13-21-24(19)17-11-10-14-7-5-6-8-16(14)22-17/h2-11,13H,1H3,(H,23,25)/b3-2+,9-4+. The van der Waals surface area contributed by atoms with E-state index in [4.69, 9.17) is 0 Å². The maximum Gasteiger partial charge on any atom is 0.249 e. The number of pyridine rings is 1. The number of carbonyl (C=O) groups excluding carboxylic acids is 1. The highest BCUT2D eigenvalue weighted by molar-refractivity contribution is 5.99. The summed E-state index contributed by atoms with van der Waals surface area (Å²) in [5.41, 5.74) is 1.07. The molecule has 122 valence electrons. The number of hydrogen-bond donors (Lipinski definition) is 1. The molecule has 25 heavy (non-hydrogen) atoms. The van der Waals surface area contributed by atoms with E-state index in [9.17, 15) is 10.1 Å². The molecule has 0 aliphatic heterocycles. The van der Waals surface area contributed by atoms with Gasteiger partial charge >= 0.3 is 0 Å². The average Bonchev–Trinajstić information content (AvgIpc) is 3.04. The molecule has 1 N–H and O–H groups in total. The second kappa shape index (κ2) is 7.23. The van der Waals surface area contributed by atoms with Gasteiger partial charge in [0.2, 0.25) is 5.91 Å². The highest BCUT2D eigenvalue weighted by atomic mass is 16.1. The topological polar surface area (TPSA) is 83.6 Å². The molecular formula is C19H15N5O. The van der Waals surface area contributed by atoms with Gasteiger partial charge in [-0.05, 0) is 25.1 Å². The number of nitrogens with zero attached hydrogens (tertiary/aromatic N) is 4. The molecule has 3 aromatic rings.